The first kappa shape index (κ1) is 13.5. The van der Waals surface area contributed by atoms with Crippen molar-refractivity contribution in [1.82, 2.24) is 0 Å². The average molecular weight is 254 g/mol. The highest BCUT2D eigenvalue weighted by atomic mass is 16.5. The Morgan fingerprint density at radius 1 is 1.11 bits per heavy atom. The molecule has 0 aromatic heterocycles. The maximum absolute atomic E-state index is 9.74. The zero-order valence-electron chi connectivity index (χ0n) is 10.1. The molecule has 1 aromatic rings. The summed E-state index contributed by atoms with van der Waals surface area (Å²) < 4.78 is 5.30. The maximum Gasteiger partial charge on any atom is 0.219 e. The van der Waals surface area contributed by atoms with Gasteiger partial charge in [-0.05, 0) is 5.56 Å². The highest BCUT2D eigenvalue weighted by molar-refractivity contribution is 5.14. The van der Waals surface area contributed by atoms with Gasteiger partial charge in [-0.15, -0.1) is 0 Å². The molecule has 2 rings (SSSR count). The molecule has 0 bridgehead atoms. The third-order valence-electron chi connectivity index (χ3n) is 3.21. The zero-order chi connectivity index (χ0) is 13.0. The summed E-state index contributed by atoms with van der Waals surface area (Å²) in [5.41, 5.74) is 1.22. The fourth-order valence-corrected chi connectivity index (χ4v) is 2.10. The Bertz CT molecular complexity index is 359. The van der Waals surface area contributed by atoms with Gasteiger partial charge < -0.3 is 25.4 Å². The van der Waals surface area contributed by atoms with Gasteiger partial charge in [0.25, 0.3) is 0 Å². The van der Waals surface area contributed by atoms with E-state index in [1.807, 2.05) is 35.6 Å². The van der Waals surface area contributed by atoms with Crippen LogP contribution in [0.15, 0.2) is 30.3 Å². The van der Waals surface area contributed by atoms with Crippen molar-refractivity contribution in [3.05, 3.63) is 35.9 Å². The van der Waals surface area contributed by atoms with Crippen molar-refractivity contribution in [2.45, 2.75) is 31.0 Å². The van der Waals surface area contributed by atoms with Gasteiger partial charge in [0.1, 0.15) is 12.2 Å². The van der Waals surface area contributed by atoms with E-state index in [1.165, 1.54) is 5.56 Å². The van der Waals surface area contributed by atoms with Crippen molar-refractivity contribution < 1.29 is 25.4 Å². The first-order valence-electron chi connectivity index (χ1n) is 6.21. The topological polar surface area (TPSA) is 86.5 Å². The van der Waals surface area contributed by atoms with Crippen LogP contribution < -0.4 is 5.32 Å². The molecule has 0 saturated carbocycles. The lowest BCUT2D eigenvalue weighted by atomic mass is 10.0. The molecule has 1 aliphatic rings. The van der Waals surface area contributed by atoms with Gasteiger partial charge >= 0.3 is 0 Å². The lowest BCUT2D eigenvalue weighted by Gasteiger charge is -2.33. The number of rotatable bonds is 4. The summed E-state index contributed by atoms with van der Waals surface area (Å²) in [4.78, 5) is 0. The van der Waals surface area contributed by atoms with E-state index >= 15 is 0 Å². The van der Waals surface area contributed by atoms with Crippen LogP contribution in [0.2, 0.25) is 0 Å². The minimum absolute atomic E-state index is 0.0602. The summed E-state index contributed by atoms with van der Waals surface area (Å²) in [6, 6.07) is 10.0. The lowest BCUT2D eigenvalue weighted by molar-refractivity contribution is -0.739. The van der Waals surface area contributed by atoms with Crippen molar-refractivity contribution >= 4 is 0 Å². The van der Waals surface area contributed by atoms with Crippen molar-refractivity contribution in [2.24, 2.45) is 0 Å². The standard InChI is InChI=1S/C13H19NO4/c15-10-8-18-13(12(17)11(10)16)14-7-6-9-4-2-1-3-5-9/h1-5,10-17H,6-8H2/p+1/t10-,11-,12-,13+/m1/s1. The van der Waals surface area contributed by atoms with Crippen molar-refractivity contribution in [3.8, 4) is 0 Å². The van der Waals surface area contributed by atoms with E-state index in [-0.39, 0.29) is 6.61 Å². The van der Waals surface area contributed by atoms with Crippen molar-refractivity contribution in [1.29, 1.82) is 0 Å². The summed E-state index contributed by atoms with van der Waals surface area (Å²) in [5, 5.41) is 30.4. The van der Waals surface area contributed by atoms with E-state index in [2.05, 4.69) is 0 Å². The predicted molar refractivity (Wildman–Crippen MR) is 64.7 cm³/mol. The Morgan fingerprint density at radius 3 is 2.56 bits per heavy atom. The Kier molecular flexibility index (Phi) is 4.68. The number of aliphatic hydroxyl groups excluding tert-OH is 3. The summed E-state index contributed by atoms with van der Waals surface area (Å²) >= 11 is 0. The molecule has 0 amide bonds. The highest BCUT2D eigenvalue weighted by Crippen LogP contribution is 2.11. The maximum atomic E-state index is 9.74. The molecule has 0 spiro atoms. The molecule has 100 valence electrons. The predicted octanol–water partition coefficient (Wildman–Crippen LogP) is -1.77. The molecule has 5 nitrogen and oxygen atoms in total. The van der Waals surface area contributed by atoms with Crippen LogP contribution in [0, 0.1) is 0 Å². The molecule has 0 unspecified atom stereocenters. The van der Waals surface area contributed by atoms with Gasteiger partial charge in [0, 0.05) is 6.42 Å². The molecule has 4 atom stereocenters. The van der Waals surface area contributed by atoms with Gasteiger partial charge in [0.2, 0.25) is 6.23 Å². The monoisotopic (exact) mass is 254 g/mol. The fraction of sp³-hybridized carbons (Fsp3) is 0.538. The van der Waals surface area contributed by atoms with Crippen LogP contribution in [0.1, 0.15) is 5.56 Å². The minimum atomic E-state index is -1.13. The molecule has 1 aromatic carbocycles. The summed E-state index contributed by atoms with van der Waals surface area (Å²) in [7, 11) is 0. The number of quaternary nitrogens is 1. The summed E-state index contributed by atoms with van der Waals surface area (Å²) in [6.07, 6.45) is -2.82. The van der Waals surface area contributed by atoms with Gasteiger partial charge in [-0.3, -0.25) is 0 Å². The van der Waals surface area contributed by atoms with Crippen molar-refractivity contribution in [2.75, 3.05) is 13.2 Å². The molecule has 1 saturated heterocycles. The molecule has 1 fully saturated rings. The van der Waals surface area contributed by atoms with Crippen LogP contribution in [0.5, 0.6) is 0 Å². The number of nitrogens with two attached hydrogens (primary N) is 1. The van der Waals surface area contributed by atoms with Crippen LogP contribution in [0.25, 0.3) is 0 Å². The van der Waals surface area contributed by atoms with E-state index in [9.17, 15) is 15.3 Å². The third-order valence-corrected chi connectivity index (χ3v) is 3.21. The van der Waals surface area contributed by atoms with E-state index in [0.717, 1.165) is 13.0 Å². The van der Waals surface area contributed by atoms with Gasteiger partial charge in [-0.1, -0.05) is 30.3 Å². The van der Waals surface area contributed by atoms with Gasteiger partial charge in [0.05, 0.1) is 13.2 Å². The fourth-order valence-electron chi connectivity index (χ4n) is 2.10. The molecule has 18 heavy (non-hydrogen) atoms. The second kappa shape index (κ2) is 6.26. The molecule has 1 aliphatic heterocycles. The number of benzene rings is 1. The molecule has 1 heterocycles. The SMILES string of the molecule is O[C@@H]1[C@H](O)[C@H](O)CO[C@@H]1[NH2+]CCc1ccccc1. The zero-order valence-corrected chi connectivity index (χ0v) is 10.1. The number of hydrogen-bond donors (Lipinski definition) is 4. The second-order valence-electron chi connectivity index (χ2n) is 4.61. The Hall–Kier alpha value is -0.980. The average Bonchev–Trinajstić information content (AvgIpc) is 2.40. The van der Waals surface area contributed by atoms with Crippen LogP contribution in [0.3, 0.4) is 0 Å². The van der Waals surface area contributed by atoms with Crippen LogP contribution in [0.4, 0.5) is 0 Å². The normalized spacial score (nSPS) is 32.4. The largest absolute Gasteiger partial charge is 0.388 e. The van der Waals surface area contributed by atoms with E-state index < -0.39 is 24.5 Å². The van der Waals surface area contributed by atoms with Crippen LogP contribution in [-0.4, -0.2) is 53.0 Å². The number of hydrogen-bond acceptors (Lipinski definition) is 4. The minimum Gasteiger partial charge on any atom is -0.388 e. The van der Waals surface area contributed by atoms with Gasteiger partial charge in [-0.2, -0.15) is 0 Å². The number of aliphatic hydroxyl groups is 3. The Balaban J connectivity index is 1.77. The molecule has 0 aliphatic carbocycles. The van der Waals surface area contributed by atoms with Gasteiger partial charge in [0.15, 0.2) is 6.10 Å². The molecule has 5 N–H and O–H groups in total. The third kappa shape index (κ3) is 3.28. The van der Waals surface area contributed by atoms with Crippen LogP contribution >= 0.6 is 0 Å². The summed E-state index contributed by atoms with van der Waals surface area (Å²) in [6.45, 7) is 0.819. The Labute approximate surface area is 106 Å². The lowest BCUT2D eigenvalue weighted by Crippen LogP contribution is -2.95. The second-order valence-corrected chi connectivity index (χ2v) is 4.61. The molecule has 0 radical (unpaired) electrons. The smallest absolute Gasteiger partial charge is 0.219 e. The first-order valence-corrected chi connectivity index (χ1v) is 6.21. The van der Waals surface area contributed by atoms with E-state index in [4.69, 9.17) is 4.74 Å². The van der Waals surface area contributed by atoms with Crippen LogP contribution in [-0.2, 0) is 11.2 Å². The van der Waals surface area contributed by atoms with E-state index in [1.54, 1.807) is 0 Å². The Morgan fingerprint density at radius 2 is 1.83 bits per heavy atom. The quantitative estimate of drug-likeness (QED) is 0.512. The van der Waals surface area contributed by atoms with E-state index in [0.29, 0.717) is 0 Å². The van der Waals surface area contributed by atoms with Gasteiger partial charge in [-0.25, -0.2) is 0 Å². The summed E-state index contributed by atoms with van der Waals surface area (Å²) in [5.74, 6) is 0. The molecular formula is C13H20NO4+. The highest BCUT2D eigenvalue weighted by Gasteiger charge is 2.39. The molecule has 5 heteroatoms. The van der Waals surface area contributed by atoms with Crippen molar-refractivity contribution in [3.63, 3.8) is 0 Å². The molecular weight excluding hydrogens is 234 g/mol. The first-order chi connectivity index (χ1) is 8.68. The number of ether oxygens (including phenoxy) is 1.